The van der Waals surface area contributed by atoms with Crippen molar-refractivity contribution in [1.29, 1.82) is 0 Å². The molecule has 6 heteroatoms. The molecular weight excluding hydrogens is 496 g/mol. The third kappa shape index (κ3) is 5.03. The number of halogens is 4. The van der Waals surface area contributed by atoms with Gasteiger partial charge in [-0.05, 0) is 80.2 Å². The molecule has 140 valence electrons. The highest BCUT2D eigenvalue weighted by Crippen LogP contribution is 2.36. The average molecular weight is 514 g/mol. The van der Waals surface area contributed by atoms with Crippen molar-refractivity contribution in [3.05, 3.63) is 91.1 Å². The Morgan fingerprint density at radius 2 is 1.74 bits per heavy atom. The lowest BCUT2D eigenvalue weighted by Gasteiger charge is -2.14. The second-order valence-electron chi connectivity index (χ2n) is 6.03. The summed E-state index contributed by atoms with van der Waals surface area (Å²) in [7, 11) is 0. The lowest BCUT2D eigenvalue weighted by Crippen LogP contribution is -2.03. The third-order valence-corrected chi connectivity index (χ3v) is 5.73. The van der Waals surface area contributed by atoms with Crippen LogP contribution in [0.15, 0.2) is 63.5 Å². The molecule has 27 heavy (non-hydrogen) atoms. The van der Waals surface area contributed by atoms with E-state index in [4.69, 9.17) is 16.3 Å². The summed E-state index contributed by atoms with van der Waals surface area (Å²) in [5.41, 5.74) is 3.58. The molecule has 0 spiro atoms. The van der Waals surface area contributed by atoms with Crippen LogP contribution in [0.1, 0.15) is 16.7 Å². The van der Waals surface area contributed by atoms with Crippen LogP contribution in [0.25, 0.3) is 0 Å². The molecule has 0 radical (unpaired) electrons. The Kier molecular flexibility index (Phi) is 6.79. The maximum absolute atomic E-state index is 13.8. The van der Waals surface area contributed by atoms with Crippen LogP contribution >= 0.6 is 43.5 Å². The first-order valence-electron chi connectivity index (χ1n) is 8.29. The molecule has 3 aromatic carbocycles. The van der Waals surface area contributed by atoms with Gasteiger partial charge in [-0.2, -0.15) is 0 Å². The summed E-state index contributed by atoms with van der Waals surface area (Å²) in [4.78, 5) is 0. The fourth-order valence-electron chi connectivity index (χ4n) is 2.61. The maximum Gasteiger partial charge on any atom is 0.148 e. The van der Waals surface area contributed by atoms with Crippen LogP contribution in [-0.2, 0) is 13.2 Å². The zero-order chi connectivity index (χ0) is 19.4. The molecule has 3 rings (SSSR count). The Morgan fingerprint density at radius 1 is 1.04 bits per heavy atom. The lowest BCUT2D eigenvalue weighted by molar-refractivity contribution is 0.296. The van der Waals surface area contributed by atoms with E-state index < -0.39 is 0 Å². The van der Waals surface area contributed by atoms with Crippen molar-refractivity contribution in [3.8, 4) is 5.75 Å². The van der Waals surface area contributed by atoms with E-state index in [1.807, 2.05) is 37.3 Å². The van der Waals surface area contributed by atoms with E-state index in [2.05, 4.69) is 37.2 Å². The van der Waals surface area contributed by atoms with E-state index in [9.17, 15) is 4.39 Å². The number of hydrogen-bond donors (Lipinski definition) is 1. The number of hydrogen-bond acceptors (Lipinski definition) is 2. The molecule has 0 unspecified atom stereocenters. The molecule has 1 N–H and O–H groups in total. The molecule has 0 fully saturated rings. The first kappa shape index (κ1) is 20.2. The van der Waals surface area contributed by atoms with Crippen molar-refractivity contribution >= 4 is 49.1 Å². The monoisotopic (exact) mass is 511 g/mol. The predicted molar refractivity (Wildman–Crippen MR) is 116 cm³/mol. The summed E-state index contributed by atoms with van der Waals surface area (Å²) in [5.74, 6) is 0.364. The Hall–Kier alpha value is -1.56. The molecule has 0 aliphatic heterocycles. The van der Waals surface area contributed by atoms with E-state index >= 15 is 0 Å². The lowest BCUT2D eigenvalue weighted by atomic mass is 10.1. The van der Waals surface area contributed by atoms with Crippen molar-refractivity contribution in [2.45, 2.75) is 20.1 Å². The van der Waals surface area contributed by atoms with Gasteiger partial charge >= 0.3 is 0 Å². The molecule has 2 nitrogen and oxygen atoms in total. The Morgan fingerprint density at radius 3 is 2.44 bits per heavy atom. The number of ether oxygens (including phenoxy) is 1. The minimum absolute atomic E-state index is 0.156. The van der Waals surface area contributed by atoms with E-state index in [1.165, 1.54) is 6.07 Å². The van der Waals surface area contributed by atoms with Crippen molar-refractivity contribution in [2.75, 3.05) is 5.32 Å². The Bertz CT molecular complexity index is 942. The SMILES string of the molecule is Cc1c(Cl)cccc1NCc1cc(Br)c(OCc2ccccc2F)c(Br)c1. The van der Waals surface area contributed by atoms with Crippen LogP contribution in [0.2, 0.25) is 5.02 Å². The minimum atomic E-state index is -0.276. The maximum atomic E-state index is 13.8. The van der Waals surface area contributed by atoms with Crippen LogP contribution in [0.4, 0.5) is 10.1 Å². The zero-order valence-corrected chi connectivity index (χ0v) is 18.5. The van der Waals surface area contributed by atoms with Gasteiger partial charge in [-0.25, -0.2) is 4.39 Å². The van der Waals surface area contributed by atoms with Gasteiger partial charge in [0.15, 0.2) is 0 Å². The van der Waals surface area contributed by atoms with E-state index in [0.717, 1.165) is 30.8 Å². The molecule has 0 saturated carbocycles. The van der Waals surface area contributed by atoms with Crippen LogP contribution in [0.3, 0.4) is 0 Å². The number of nitrogens with one attached hydrogen (secondary N) is 1. The highest BCUT2D eigenvalue weighted by Gasteiger charge is 2.11. The number of anilines is 1. The van der Waals surface area contributed by atoms with Gasteiger partial charge in [0.05, 0.1) is 8.95 Å². The summed E-state index contributed by atoms with van der Waals surface area (Å²) in [6.07, 6.45) is 0. The molecule has 3 aromatic rings. The molecule has 0 saturated heterocycles. The smallest absolute Gasteiger partial charge is 0.148 e. The fraction of sp³-hybridized carbons (Fsp3) is 0.143. The molecule has 0 heterocycles. The second-order valence-corrected chi connectivity index (χ2v) is 8.15. The van der Waals surface area contributed by atoms with Crippen LogP contribution in [-0.4, -0.2) is 0 Å². The quantitative estimate of drug-likeness (QED) is 0.368. The van der Waals surface area contributed by atoms with Gasteiger partial charge in [-0.1, -0.05) is 35.9 Å². The molecule has 0 bridgehead atoms. The summed E-state index contributed by atoms with van der Waals surface area (Å²) in [6, 6.07) is 16.3. The van der Waals surface area contributed by atoms with Gasteiger partial charge in [-0.15, -0.1) is 0 Å². The molecule has 0 amide bonds. The molecule has 0 aliphatic rings. The average Bonchev–Trinajstić information content (AvgIpc) is 2.63. The number of benzene rings is 3. The van der Waals surface area contributed by atoms with Crippen molar-refractivity contribution in [2.24, 2.45) is 0 Å². The summed E-state index contributed by atoms with van der Waals surface area (Å²) in [6.45, 7) is 2.77. The fourth-order valence-corrected chi connectivity index (χ4v) is 4.30. The molecule has 0 aromatic heterocycles. The largest absolute Gasteiger partial charge is 0.486 e. The van der Waals surface area contributed by atoms with Crippen LogP contribution < -0.4 is 10.1 Å². The molecule has 0 atom stereocenters. The topological polar surface area (TPSA) is 21.3 Å². The summed E-state index contributed by atoms with van der Waals surface area (Å²) >= 11 is 13.3. The number of rotatable bonds is 6. The zero-order valence-electron chi connectivity index (χ0n) is 14.5. The van der Waals surface area contributed by atoms with Gasteiger partial charge < -0.3 is 10.1 Å². The Balaban J connectivity index is 1.71. The van der Waals surface area contributed by atoms with Gasteiger partial charge in [0.2, 0.25) is 0 Å². The minimum Gasteiger partial charge on any atom is -0.486 e. The van der Waals surface area contributed by atoms with Crippen LogP contribution in [0, 0.1) is 12.7 Å². The van der Waals surface area contributed by atoms with E-state index in [0.29, 0.717) is 17.9 Å². The highest BCUT2D eigenvalue weighted by atomic mass is 79.9. The molecular formula is C21H17Br2ClFNO. The third-order valence-electron chi connectivity index (χ3n) is 4.14. The van der Waals surface area contributed by atoms with Gasteiger partial charge in [0, 0.05) is 22.8 Å². The van der Waals surface area contributed by atoms with E-state index in [-0.39, 0.29) is 12.4 Å². The van der Waals surface area contributed by atoms with E-state index in [1.54, 1.807) is 18.2 Å². The van der Waals surface area contributed by atoms with Gasteiger partial charge in [0.25, 0.3) is 0 Å². The summed E-state index contributed by atoms with van der Waals surface area (Å²) in [5, 5.41) is 4.13. The van der Waals surface area contributed by atoms with Crippen molar-refractivity contribution < 1.29 is 9.13 Å². The normalized spacial score (nSPS) is 10.7. The van der Waals surface area contributed by atoms with Crippen LogP contribution in [0.5, 0.6) is 5.75 Å². The van der Waals surface area contributed by atoms with Crippen molar-refractivity contribution in [1.82, 2.24) is 0 Å². The highest BCUT2D eigenvalue weighted by molar-refractivity contribution is 9.11. The van der Waals surface area contributed by atoms with Crippen molar-refractivity contribution in [3.63, 3.8) is 0 Å². The first-order valence-corrected chi connectivity index (χ1v) is 10.2. The van der Waals surface area contributed by atoms with Gasteiger partial charge in [0.1, 0.15) is 18.2 Å². The summed E-state index contributed by atoms with van der Waals surface area (Å²) < 4.78 is 21.2. The second kappa shape index (κ2) is 9.09. The standard InChI is InChI=1S/C21H17Br2ClFNO/c1-13-18(24)6-4-8-20(13)26-11-14-9-16(22)21(17(23)10-14)27-12-15-5-2-3-7-19(15)25/h2-10,26H,11-12H2,1H3. The Labute approximate surface area is 180 Å². The first-order chi connectivity index (χ1) is 13.0. The predicted octanol–water partition coefficient (Wildman–Crippen LogP) is 7.50. The molecule has 0 aliphatic carbocycles. The van der Waals surface area contributed by atoms with Gasteiger partial charge in [-0.3, -0.25) is 0 Å².